The molecule has 0 spiro atoms. The van der Waals surface area contributed by atoms with Crippen LogP contribution < -0.4 is 4.90 Å². The van der Waals surface area contributed by atoms with E-state index in [4.69, 9.17) is 0 Å². The zero-order valence-corrected chi connectivity index (χ0v) is 20.0. The highest BCUT2D eigenvalue weighted by Crippen LogP contribution is 2.29. The molecule has 2 heterocycles. The summed E-state index contributed by atoms with van der Waals surface area (Å²) < 4.78 is 27.9. The van der Waals surface area contributed by atoms with Crippen LogP contribution in [0.5, 0.6) is 0 Å². The molecule has 0 saturated carbocycles. The molecule has 0 bridgehead atoms. The summed E-state index contributed by atoms with van der Waals surface area (Å²) >= 11 is 0. The molecule has 174 valence electrons. The summed E-state index contributed by atoms with van der Waals surface area (Å²) in [5.41, 5.74) is 3.99. The molecule has 7 heteroatoms. The largest absolute Gasteiger partial charge is 0.369 e. The number of hydrogen-bond acceptors (Lipinski definition) is 5. The fourth-order valence-corrected chi connectivity index (χ4v) is 5.60. The number of fused-ring (bicyclic) bond motifs is 1. The van der Waals surface area contributed by atoms with Crippen molar-refractivity contribution in [1.82, 2.24) is 14.7 Å². The summed E-state index contributed by atoms with van der Waals surface area (Å²) in [5.74, 6) is 0. The van der Waals surface area contributed by atoms with E-state index < -0.39 is 9.84 Å². The van der Waals surface area contributed by atoms with E-state index in [-0.39, 0.29) is 5.03 Å². The van der Waals surface area contributed by atoms with Gasteiger partial charge < -0.3 is 4.90 Å². The van der Waals surface area contributed by atoms with Gasteiger partial charge in [0.25, 0.3) is 0 Å². The van der Waals surface area contributed by atoms with Crippen LogP contribution in [-0.4, -0.2) is 49.3 Å². The Labute approximate surface area is 200 Å². The smallest absolute Gasteiger partial charge is 0.219 e. The van der Waals surface area contributed by atoms with Crippen molar-refractivity contribution in [2.45, 2.75) is 11.6 Å². The van der Waals surface area contributed by atoms with Crippen LogP contribution in [0.4, 0.5) is 5.69 Å². The number of piperazine rings is 1. The van der Waals surface area contributed by atoms with Crippen molar-refractivity contribution < 1.29 is 8.42 Å². The molecule has 0 atom stereocenters. The van der Waals surface area contributed by atoms with Crippen molar-refractivity contribution in [2.24, 2.45) is 7.05 Å². The van der Waals surface area contributed by atoms with Crippen LogP contribution in [-0.2, 0) is 23.4 Å². The lowest BCUT2D eigenvalue weighted by atomic mass is 10.1. The zero-order chi connectivity index (χ0) is 23.5. The molecule has 1 aromatic heterocycles. The maximum atomic E-state index is 13.2. The molecule has 4 aromatic rings. The van der Waals surface area contributed by atoms with E-state index in [0.717, 1.165) is 49.5 Å². The van der Waals surface area contributed by atoms with Crippen LogP contribution in [0.25, 0.3) is 17.0 Å². The normalized spacial score (nSPS) is 15.4. The number of hydrogen-bond donors (Lipinski definition) is 0. The van der Waals surface area contributed by atoms with E-state index in [2.05, 4.69) is 45.2 Å². The van der Waals surface area contributed by atoms with Crippen molar-refractivity contribution in [3.63, 3.8) is 0 Å². The van der Waals surface area contributed by atoms with Gasteiger partial charge >= 0.3 is 0 Å². The fourth-order valence-electron chi connectivity index (χ4n) is 4.43. The van der Waals surface area contributed by atoms with Gasteiger partial charge in [0.15, 0.2) is 5.03 Å². The third-order valence-electron chi connectivity index (χ3n) is 6.30. The van der Waals surface area contributed by atoms with Gasteiger partial charge in [-0.3, -0.25) is 9.58 Å². The highest BCUT2D eigenvalue weighted by molar-refractivity contribution is 7.94. The van der Waals surface area contributed by atoms with E-state index >= 15 is 0 Å². The first-order valence-electron chi connectivity index (χ1n) is 11.5. The van der Waals surface area contributed by atoms with Crippen molar-refractivity contribution in [1.29, 1.82) is 0 Å². The number of nitrogens with zero attached hydrogens (tertiary/aromatic N) is 4. The molecule has 6 nitrogen and oxygen atoms in total. The second kappa shape index (κ2) is 9.44. The van der Waals surface area contributed by atoms with Gasteiger partial charge in [0.2, 0.25) is 9.84 Å². The average Bonchev–Trinajstić information content (AvgIpc) is 3.21. The monoisotopic (exact) mass is 472 g/mol. The minimum absolute atomic E-state index is 0.0988. The highest BCUT2D eigenvalue weighted by atomic mass is 32.2. The summed E-state index contributed by atoms with van der Waals surface area (Å²) in [5, 5.41) is 6.37. The molecule has 1 fully saturated rings. The highest BCUT2D eigenvalue weighted by Gasteiger charge is 2.23. The lowest BCUT2D eigenvalue weighted by Gasteiger charge is -2.36. The molecule has 0 N–H and O–H groups in total. The Morgan fingerprint density at radius 1 is 0.882 bits per heavy atom. The first-order valence-corrected chi connectivity index (χ1v) is 13.0. The minimum Gasteiger partial charge on any atom is -0.369 e. The molecule has 1 saturated heterocycles. The lowest BCUT2D eigenvalue weighted by Crippen LogP contribution is -2.45. The van der Waals surface area contributed by atoms with Crippen molar-refractivity contribution in [3.05, 3.63) is 95.4 Å². The third-order valence-corrected chi connectivity index (χ3v) is 7.63. The topological polar surface area (TPSA) is 58.4 Å². The number of rotatable bonds is 6. The predicted octanol–water partition coefficient (Wildman–Crippen LogP) is 4.34. The van der Waals surface area contributed by atoms with Gasteiger partial charge in [0.05, 0.1) is 5.52 Å². The van der Waals surface area contributed by atoms with Crippen LogP contribution >= 0.6 is 0 Å². The minimum atomic E-state index is -3.69. The summed E-state index contributed by atoms with van der Waals surface area (Å²) in [6.45, 7) is 4.67. The van der Waals surface area contributed by atoms with Gasteiger partial charge in [0, 0.05) is 56.3 Å². The van der Waals surface area contributed by atoms with Gasteiger partial charge in [-0.1, -0.05) is 60.7 Å². The molecular weight excluding hydrogens is 444 g/mol. The van der Waals surface area contributed by atoms with Crippen molar-refractivity contribution >= 4 is 32.5 Å². The van der Waals surface area contributed by atoms with Gasteiger partial charge in [0.1, 0.15) is 0 Å². The molecule has 5 rings (SSSR count). The van der Waals surface area contributed by atoms with Crippen LogP contribution in [0.15, 0.2) is 89.3 Å². The molecule has 34 heavy (non-hydrogen) atoms. The Hall–Kier alpha value is -3.42. The Kier molecular flexibility index (Phi) is 6.22. The Balaban J connectivity index is 1.36. The van der Waals surface area contributed by atoms with E-state index in [1.54, 1.807) is 17.8 Å². The van der Waals surface area contributed by atoms with Crippen LogP contribution in [0.1, 0.15) is 11.1 Å². The number of sulfone groups is 1. The van der Waals surface area contributed by atoms with Gasteiger partial charge in [-0.2, -0.15) is 5.10 Å². The number of benzene rings is 3. The summed E-state index contributed by atoms with van der Waals surface area (Å²) in [6.07, 6.45) is 1.62. The quantitative estimate of drug-likeness (QED) is 0.418. The number of aryl methyl sites for hydroxylation is 1. The van der Waals surface area contributed by atoms with Crippen molar-refractivity contribution in [2.75, 3.05) is 31.1 Å². The van der Waals surface area contributed by atoms with Crippen molar-refractivity contribution in [3.8, 4) is 0 Å². The zero-order valence-electron chi connectivity index (χ0n) is 19.2. The summed E-state index contributed by atoms with van der Waals surface area (Å²) in [7, 11) is -1.91. The molecule has 1 aliphatic rings. The molecule has 0 radical (unpaired) electrons. The molecule has 0 amide bonds. The Bertz CT molecular complexity index is 1410. The van der Waals surface area contributed by atoms with Gasteiger partial charge in [-0.05, 0) is 35.4 Å². The molecule has 1 aliphatic heterocycles. The third kappa shape index (κ3) is 4.76. The predicted molar refractivity (Wildman–Crippen MR) is 137 cm³/mol. The van der Waals surface area contributed by atoms with Gasteiger partial charge in [-0.15, -0.1) is 0 Å². The van der Waals surface area contributed by atoms with Crippen LogP contribution in [0.2, 0.25) is 0 Å². The van der Waals surface area contributed by atoms with E-state index in [1.165, 1.54) is 11.0 Å². The SMILES string of the molecule is Cn1nc(S(=O)(=O)C=Cc2ccccc2)c2cc(N3CCN(Cc4ccccc4)CC3)ccc21. The summed E-state index contributed by atoms with van der Waals surface area (Å²) in [4.78, 5) is 4.78. The molecule has 0 aliphatic carbocycles. The second-order valence-electron chi connectivity index (χ2n) is 8.64. The molecular formula is C27H28N4O2S. The summed E-state index contributed by atoms with van der Waals surface area (Å²) in [6, 6.07) is 25.9. The van der Waals surface area contributed by atoms with Crippen LogP contribution in [0.3, 0.4) is 0 Å². The average molecular weight is 473 g/mol. The Morgan fingerprint density at radius 2 is 1.56 bits per heavy atom. The maximum Gasteiger partial charge on any atom is 0.219 e. The second-order valence-corrected chi connectivity index (χ2v) is 10.4. The first-order chi connectivity index (χ1) is 16.5. The molecule has 3 aromatic carbocycles. The number of anilines is 1. The molecule has 0 unspecified atom stereocenters. The lowest BCUT2D eigenvalue weighted by molar-refractivity contribution is 0.250. The number of aromatic nitrogens is 2. The van der Waals surface area contributed by atoms with Crippen LogP contribution in [0, 0.1) is 0 Å². The van der Waals surface area contributed by atoms with E-state index in [9.17, 15) is 8.42 Å². The fraction of sp³-hybridized carbons (Fsp3) is 0.222. The maximum absolute atomic E-state index is 13.2. The Morgan fingerprint density at radius 3 is 2.26 bits per heavy atom. The van der Waals surface area contributed by atoms with E-state index in [1.807, 2.05) is 48.5 Å². The van der Waals surface area contributed by atoms with Gasteiger partial charge in [-0.25, -0.2) is 8.42 Å². The standard InChI is InChI=1S/C27H28N4O2S/c1-29-26-13-12-24(31-17-15-30(16-18-31)21-23-10-6-3-7-11-23)20-25(26)27(28-29)34(32,33)19-14-22-8-4-2-5-9-22/h2-14,19-20H,15-18,21H2,1H3. The van der Waals surface area contributed by atoms with E-state index in [0.29, 0.717) is 5.39 Å². The first kappa shape index (κ1) is 22.4.